The Morgan fingerprint density at radius 3 is 2.38 bits per heavy atom. The van der Waals surface area contributed by atoms with Gasteiger partial charge in [0.1, 0.15) is 5.25 Å². The minimum atomic E-state index is -4.16. The summed E-state index contributed by atoms with van der Waals surface area (Å²) in [5, 5.41) is 9.84. The quantitative estimate of drug-likeness (QED) is 0.145. The lowest BCUT2D eigenvalue weighted by molar-refractivity contribution is -0.140. The molecular formula is C19H26N4O8S3. The van der Waals surface area contributed by atoms with Crippen molar-refractivity contribution in [2.45, 2.75) is 29.5 Å². The van der Waals surface area contributed by atoms with Gasteiger partial charge >= 0.3 is 16.4 Å². The number of methoxy groups -OCH3 is 1. The molecule has 34 heavy (non-hydrogen) atoms. The van der Waals surface area contributed by atoms with Crippen molar-refractivity contribution in [3.63, 3.8) is 0 Å². The van der Waals surface area contributed by atoms with Crippen molar-refractivity contribution < 1.29 is 36.3 Å². The zero-order chi connectivity index (χ0) is 25.9. The van der Waals surface area contributed by atoms with E-state index in [0.29, 0.717) is 10.7 Å². The fourth-order valence-corrected chi connectivity index (χ4v) is 4.13. The average Bonchev–Trinajstić information content (AvgIpc) is 3.08. The maximum Gasteiger partial charge on any atom is 0.397 e. The van der Waals surface area contributed by atoms with Crippen LogP contribution in [0.25, 0.3) is 0 Å². The van der Waals surface area contributed by atoms with Crippen molar-refractivity contribution in [3.05, 3.63) is 29.8 Å². The Bertz CT molecular complexity index is 1010. The number of aliphatic imine (C=N–C) groups is 1. The van der Waals surface area contributed by atoms with Crippen LogP contribution >= 0.6 is 23.5 Å². The monoisotopic (exact) mass is 534 g/mol. The standard InChI is InChI=1S/C18H22N4O4S2.CH4O4S/c1-11-15(17(25)20-9-8-14(23)26-3)28-18(22(11)2)21-16(24)12-4-6-13(7-5-12)27-10-19;1-5-6(2,3)4/h4-7,10-11,15,19H,8-9H2,1-3H3,(H,20,25);1H3,(H,2,3,4). The van der Waals surface area contributed by atoms with Crippen molar-refractivity contribution in [2.24, 2.45) is 4.99 Å². The van der Waals surface area contributed by atoms with E-state index in [1.807, 2.05) is 6.92 Å². The molecule has 0 radical (unpaired) electrons. The Balaban J connectivity index is 0.000000852. The highest BCUT2D eigenvalue weighted by Crippen LogP contribution is 2.31. The van der Waals surface area contributed by atoms with Crippen LogP contribution in [0.15, 0.2) is 34.2 Å². The number of esters is 1. The molecule has 1 saturated heterocycles. The zero-order valence-corrected chi connectivity index (χ0v) is 21.3. The molecule has 1 heterocycles. The van der Waals surface area contributed by atoms with Gasteiger partial charge in [-0.25, -0.2) is 0 Å². The Hall–Kier alpha value is -2.46. The van der Waals surface area contributed by atoms with Crippen LogP contribution in [0.2, 0.25) is 0 Å². The summed E-state index contributed by atoms with van der Waals surface area (Å²) in [6.07, 6.45) is 0.107. The maximum absolute atomic E-state index is 12.4. The predicted molar refractivity (Wildman–Crippen MR) is 130 cm³/mol. The number of amidine groups is 1. The summed E-state index contributed by atoms with van der Waals surface area (Å²) in [6, 6.07) is 6.70. The molecule has 1 fully saturated rings. The Morgan fingerprint density at radius 1 is 1.29 bits per heavy atom. The second kappa shape index (κ2) is 14.1. The normalized spacial score (nSPS) is 18.6. The van der Waals surface area contributed by atoms with E-state index in [1.54, 1.807) is 36.2 Å². The van der Waals surface area contributed by atoms with Crippen LogP contribution in [0, 0.1) is 5.41 Å². The molecule has 12 nitrogen and oxygen atoms in total. The van der Waals surface area contributed by atoms with Crippen molar-refractivity contribution in [1.29, 1.82) is 5.41 Å². The summed E-state index contributed by atoms with van der Waals surface area (Å²) >= 11 is 2.48. The Labute approximate surface area is 206 Å². The third kappa shape index (κ3) is 9.80. The molecule has 2 atom stereocenters. The highest BCUT2D eigenvalue weighted by atomic mass is 32.3. The number of nitrogens with one attached hydrogen (secondary N) is 2. The second-order valence-electron chi connectivity index (χ2n) is 6.56. The van der Waals surface area contributed by atoms with E-state index in [9.17, 15) is 22.8 Å². The van der Waals surface area contributed by atoms with E-state index >= 15 is 0 Å². The van der Waals surface area contributed by atoms with Gasteiger partial charge in [0.2, 0.25) is 5.91 Å². The lowest BCUT2D eigenvalue weighted by atomic mass is 10.2. The zero-order valence-electron chi connectivity index (χ0n) is 18.9. The molecule has 3 N–H and O–H groups in total. The van der Waals surface area contributed by atoms with Crippen molar-refractivity contribution in [2.75, 3.05) is 27.8 Å². The van der Waals surface area contributed by atoms with Gasteiger partial charge in [-0.05, 0) is 31.2 Å². The maximum atomic E-state index is 12.4. The lowest BCUT2D eigenvalue weighted by Gasteiger charge is -2.19. The summed E-state index contributed by atoms with van der Waals surface area (Å²) < 4.78 is 34.3. The summed E-state index contributed by atoms with van der Waals surface area (Å²) in [5.74, 6) is -0.985. The Morgan fingerprint density at radius 2 is 1.88 bits per heavy atom. The first-order chi connectivity index (χ1) is 15.9. The fourth-order valence-electron chi connectivity index (χ4n) is 2.44. The van der Waals surface area contributed by atoms with Gasteiger partial charge in [0.05, 0.1) is 26.2 Å². The SMILES string of the molecule is COC(=O)CCNC(=O)C1SC(=NC(=O)c2ccc(SC=N)cc2)N(C)C1C.COS(=O)(=O)O. The molecule has 2 rings (SSSR count). The molecular weight excluding hydrogens is 508 g/mol. The van der Waals surface area contributed by atoms with Crippen LogP contribution in [0.1, 0.15) is 23.7 Å². The molecule has 15 heteroatoms. The van der Waals surface area contributed by atoms with Crippen molar-refractivity contribution in [1.82, 2.24) is 10.2 Å². The van der Waals surface area contributed by atoms with E-state index in [1.165, 1.54) is 36.2 Å². The van der Waals surface area contributed by atoms with Gasteiger partial charge in [-0.2, -0.15) is 13.4 Å². The minimum absolute atomic E-state index is 0.107. The molecule has 1 aromatic rings. The number of carbonyl (C=O) groups is 3. The molecule has 1 aliphatic rings. The van der Waals surface area contributed by atoms with Gasteiger partial charge < -0.3 is 20.4 Å². The molecule has 2 amide bonds. The molecule has 1 aromatic carbocycles. The summed E-state index contributed by atoms with van der Waals surface area (Å²) in [5.41, 5.74) is 1.66. The van der Waals surface area contributed by atoms with E-state index in [4.69, 9.17) is 9.96 Å². The molecule has 0 spiro atoms. The first-order valence-electron chi connectivity index (χ1n) is 9.59. The smallest absolute Gasteiger partial charge is 0.397 e. The minimum Gasteiger partial charge on any atom is -0.469 e. The van der Waals surface area contributed by atoms with Crippen LogP contribution in [-0.4, -0.2) is 85.5 Å². The number of thioether (sulfide) groups is 2. The molecule has 1 aliphatic heterocycles. The third-order valence-electron chi connectivity index (χ3n) is 4.40. The molecule has 0 aliphatic carbocycles. The molecule has 0 bridgehead atoms. The number of amides is 2. The van der Waals surface area contributed by atoms with Crippen LogP contribution in [0.3, 0.4) is 0 Å². The van der Waals surface area contributed by atoms with Gasteiger partial charge in [-0.15, -0.1) is 0 Å². The number of hydrogen-bond donors (Lipinski definition) is 3. The van der Waals surface area contributed by atoms with Crippen LogP contribution in [0.4, 0.5) is 0 Å². The van der Waals surface area contributed by atoms with Crippen molar-refractivity contribution in [3.8, 4) is 0 Å². The van der Waals surface area contributed by atoms with Gasteiger partial charge in [0, 0.05) is 30.1 Å². The van der Waals surface area contributed by atoms with Crippen LogP contribution in [-0.2, 0) is 28.9 Å². The lowest BCUT2D eigenvalue weighted by Crippen LogP contribution is -2.41. The molecule has 2 unspecified atom stereocenters. The van der Waals surface area contributed by atoms with Crippen LogP contribution < -0.4 is 5.32 Å². The van der Waals surface area contributed by atoms with Gasteiger partial charge in [0.25, 0.3) is 5.91 Å². The van der Waals surface area contributed by atoms with Gasteiger partial charge in [0.15, 0.2) is 5.17 Å². The number of ether oxygens (including phenoxy) is 1. The number of benzene rings is 1. The number of nitrogens with zero attached hydrogens (tertiary/aromatic N) is 2. The first kappa shape index (κ1) is 29.6. The molecule has 188 valence electrons. The highest BCUT2D eigenvalue weighted by molar-refractivity contribution is 8.15. The van der Waals surface area contributed by atoms with Crippen molar-refractivity contribution >= 4 is 62.4 Å². The van der Waals surface area contributed by atoms with E-state index in [2.05, 4.69) is 19.2 Å². The van der Waals surface area contributed by atoms with E-state index < -0.39 is 15.6 Å². The number of hydrogen-bond acceptors (Lipinski definition) is 10. The fraction of sp³-hybridized carbons (Fsp3) is 0.421. The topological polar surface area (TPSA) is 176 Å². The molecule has 0 saturated carbocycles. The first-order valence-corrected chi connectivity index (χ1v) is 12.7. The summed E-state index contributed by atoms with van der Waals surface area (Å²) in [4.78, 5) is 42.8. The van der Waals surface area contributed by atoms with E-state index in [-0.39, 0.29) is 36.8 Å². The Kier molecular flexibility index (Phi) is 12.2. The summed E-state index contributed by atoms with van der Waals surface area (Å²) in [6.45, 7) is 2.08. The van der Waals surface area contributed by atoms with Gasteiger partial charge in [-0.1, -0.05) is 23.5 Å². The number of carbonyl (C=O) groups excluding carboxylic acids is 3. The van der Waals surface area contributed by atoms with Gasteiger partial charge in [-0.3, -0.25) is 23.1 Å². The number of rotatable bonds is 8. The largest absolute Gasteiger partial charge is 0.469 e. The highest BCUT2D eigenvalue weighted by Gasteiger charge is 2.39. The van der Waals surface area contributed by atoms with Crippen LogP contribution in [0.5, 0.6) is 0 Å². The third-order valence-corrected chi connectivity index (χ3v) is 6.94. The molecule has 0 aromatic heterocycles. The van der Waals surface area contributed by atoms with E-state index in [0.717, 1.165) is 12.0 Å². The summed E-state index contributed by atoms with van der Waals surface area (Å²) in [7, 11) is -0.205. The average molecular weight is 535 g/mol. The second-order valence-corrected chi connectivity index (χ2v) is 9.80. The predicted octanol–water partition coefficient (Wildman–Crippen LogP) is 1.43.